The van der Waals surface area contributed by atoms with Crippen molar-refractivity contribution in [2.45, 2.75) is 37.2 Å². The molecular weight excluding hydrogens is 218 g/mol. The normalized spacial score (nSPS) is 15.2. The van der Waals surface area contributed by atoms with Crippen LogP contribution >= 0.6 is 11.9 Å². The summed E-state index contributed by atoms with van der Waals surface area (Å²) in [6, 6.07) is 10.1. The molecule has 3 heteroatoms. The van der Waals surface area contributed by atoms with Gasteiger partial charge in [0.2, 0.25) is 0 Å². The van der Waals surface area contributed by atoms with Crippen molar-refractivity contribution in [2.75, 3.05) is 7.11 Å². The third-order valence-corrected chi connectivity index (χ3v) is 3.13. The van der Waals surface area contributed by atoms with E-state index < -0.39 is 0 Å². The van der Waals surface area contributed by atoms with Gasteiger partial charge in [-0.15, -0.1) is 0 Å². The molecule has 0 aliphatic rings. The van der Waals surface area contributed by atoms with Gasteiger partial charge >= 0.3 is 0 Å². The Balaban J connectivity index is 2.53. The third kappa shape index (κ3) is 4.37. The molecule has 0 amide bonds. The Morgan fingerprint density at radius 1 is 1.38 bits per heavy atom. The molecule has 0 spiro atoms. The smallest absolute Gasteiger partial charge is 0.101 e. The second-order valence-electron chi connectivity index (χ2n) is 3.91. The van der Waals surface area contributed by atoms with Gasteiger partial charge in [-0.1, -0.05) is 31.5 Å². The number of nitrogens with zero attached hydrogens (tertiary/aromatic N) is 1. The van der Waals surface area contributed by atoms with Crippen LogP contribution in [0, 0.1) is 0 Å². The molecule has 0 aromatic heterocycles. The van der Waals surface area contributed by atoms with E-state index in [9.17, 15) is 0 Å². The maximum atomic E-state index is 5.45. The Morgan fingerprint density at radius 3 is 2.62 bits per heavy atom. The van der Waals surface area contributed by atoms with E-state index >= 15 is 0 Å². The molecule has 0 aliphatic carbocycles. The van der Waals surface area contributed by atoms with Gasteiger partial charge in [0.1, 0.15) is 5.60 Å². The van der Waals surface area contributed by atoms with E-state index in [0.717, 1.165) is 17.7 Å². The summed E-state index contributed by atoms with van der Waals surface area (Å²) in [7, 11) is 1.73. The first kappa shape index (κ1) is 13.3. The van der Waals surface area contributed by atoms with Crippen LogP contribution in [0.1, 0.15) is 26.7 Å². The molecule has 0 radical (unpaired) electrons. The van der Waals surface area contributed by atoms with Crippen LogP contribution in [0.5, 0.6) is 0 Å². The zero-order valence-corrected chi connectivity index (χ0v) is 11.0. The van der Waals surface area contributed by atoms with Crippen LogP contribution < -0.4 is 0 Å². The van der Waals surface area contributed by atoms with Crippen molar-refractivity contribution in [3.05, 3.63) is 30.3 Å². The van der Waals surface area contributed by atoms with Crippen LogP contribution in [0.25, 0.3) is 0 Å². The SMILES string of the molecule is CCCC(C)(/C=N/Sc1ccccc1)OC. The van der Waals surface area contributed by atoms with E-state index in [1.807, 2.05) is 36.5 Å². The van der Waals surface area contributed by atoms with Gasteiger partial charge in [0.25, 0.3) is 0 Å². The summed E-state index contributed by atoms with van der Waals surface area (Å²) in [6.45, 7) is 4.21. The van der Waals surface area contributed by atoms with Crippen LogP contribution in [0.4, 0.5) is 0 Å². The predicted octanol–water partition coefficient (Wildman–Crippen LogP) is 3.97. The second-order valence-corrected chi connectivity index (χ2v) is 4.77. The molecule has 1 aromatic rings. The maximum Gasteiger partial charge on any atom is 0.101 e. The highest BCUT2D eigenvalue weighted by atomic mass is 32.2. The number of rotatable bonds is 6. The van der Waals surface area contributed by atoms with E-state index in [0.29, 0.717) is 0 Å². The predicted molar refractivity (Wildman–Crippen MR) is 71.1 cm³/mol. The highest BCUT2D eigenvalue weighted by molar-refractivity contribution is 7.98. The Kier molecular flexibility index (Phi) is 5.56. The van der Waals surface area contributed by atoms with Crippen LogP contribution in [0.3, 0.4) is 0 Å². The number of ether oxygens (including phenoxy) is 1. The van der Waals surface area contributed by atoms with Crippen molar-refractivity contribution in [1.29, 1.82) is 0 Å². The first-order valence-corrected chi connectivity index (χ1v) is 6.29. The average molecular weight is 237 g/mol. The lowest BCUT2D eigenvalue weighted by Gasteiger charge is -2.22. The van der Waals surface area contributed by atoms with Gasteiger partial charge in [-0.25, -0.2) is 4.40 Å². The number of benzene rings is 1. The minimum absolute atomic E-state index is 0.240. The lowest BCUT2D eigenvalue weighted by Crippen LogP contribution is -2.28. The van der Waals surface area contributed by atoms with Crippen LogP contribution in [0.2, 0.25) is 0 Å². The molecule has 0 aliphatic heterocycles. The first-order valence-electron chi connectivity index (χ1n) is 5.52. The molecule has 1 aromatic carbocycles. The van der Waals surface area contributed by atoms with Gasteiger partial charge in [-0.3, -0.25) is 0 Å². The van der Waals surface area contributed by atoms with E-state index in [1.165, 1.54) is 11.9 Å². The lowest BCUT2D eigenvalue weighted by atomic mass is 10.0. The minimum atomic E-state index is -0.240. The molecule has 0 saturated carbocycles. The maximum absolute atomic E-state index is 5.45. The van der Waals surface area contributed by atoms with Gasteiger partial charge in [0.15, 0.2) is 0 Å². The fraction of sp³-hybridized carbons (Fsp3) is 0.462. The molecule has 16 heavy (non-hydrogen) atoms. The second kappa shape index (κ2) is 6.71. The summed E-state index contributed by atoms with van der Waals surface area (Å²) < 4.78 is 9.82. The Hall–Kier alpha value is -0.800. The zero-order valence-electron chi connectivity index (χ0n) is 10.1. The van der Waals surface area contributed by atoms with Gasteiger partial charge < -0.3 is 4.74 Å². The van der Waals surface area contributed by atoms with Crippen LogP contribution in [-0.2, 0) is 4.74 Å². The summed E-state index contributed by atoms with van der Waals surface area (Å²) in [5, 5.41) is 0. The monoisotopic (exact) mass is 237 g/mol. The van der Waals surface area contributed by atoms with Gasteiger partial charge in [-0.05, 0) is 25.5 Å². The standard InChI is InChI=1S/C13H19NOS/c1-4-10-13(2,15-3)11-14-16-12-8-6-5-7-9-12/h5-9,11H,4,10H2,1-3H3/b14-11+. The van der Waals surface area contributed by atoms with E-state index in [1.54, 1.807) is 7.11 Å². The van der Waals surface area contributed by atoms with E-state index in [4.69, 9.17) is 4.74 Å². The molecule has 1 unspecified atom stereocenters. The Labute approximate surface area is 102 Å². The molecule has 1 rings (SSSR count). The molecule has 0 saturated heterocycles. The van der Waals surface area contributed by atoms with Crippen molar-refractivity contribution in [3.8, 4) is 0 Å². The third-order valence-electron chi connectivity index (χ3n) is 2.44. The molecule has 0 bridgehead atoms. The first-order chi connectivity index (χ1) is 7.70. The van der Waals surface area contributed by atoms with Crippen molar-refractivity contribution in [3.63, 3.8) is 0 Å². The summed E-state index contributed by atoms with van der Waals surface area (Å²) in [5.41, 5.74) is -0.240. The highest BCUT2D eigenvalue weighted by Gasteiger charge is 2.19. The number of methoxy groups -OCH3 is 1. The molecule has 0 N–H and O–H groups in total. The van der Waals surface area contributed by atoms with Crippen molar-refractivity contribution in [2.24, 2.45) is 4.40 Å². The van der Waals surface area contributed by atoms with Gasteiger partial charge in [-0.2, -0.15) is 0 Å². The van der Waals surface area contributed by atoms with E-state index in [-0.39, 0.29) is 5.60 Å². The fourth-order valence-corrected chi connectivity index (χ4v) is 2.07. The quantitative estimate of drug-likeness (QED) is 0.551. The van der Waals surface area contributed by atoms with Crippen LogP contribution in [0.15, 0.2) is 39.6 Å². The van der Waals surface area contributed by atoms with Gasteiger partial charge in [0, 0.05) is 30.2 Å². The Bertz CT molecular complexity index is 326. The van der Waals surface area contributed by atoms with Crippen molar-refractivity contribution in [1.82, 2.24) is 0 Å². The molecule has 0 heterocycles. The molecule has 2 nitrogen and oxygen atoms in total. The summed E-state index contributed by atoms with van der Waals surface area (Å²) in [5.74, 6) is 0. The minimum Gasteiger partial charge on any atom is -0.373 e. The Morgan fingerprint density at radius 2 is 2.06 bits per heavy atom. The molecular formula is C13H19NOS. The fourth-order valence-electron chi connectivity index (χ4n) is 1.40. The van der Waals surface area contributed by atoms with Crippen molar-refractivity contribution >= 4 is 18.2 Å². The highest BCUT2D eigenvalue weighted by Crippen LogP contribution is 2.20. The van der Waals surface area contributed by atoms with Crippen molar-refractivity contribution < 1.29 is 4.74 Å². The summed E-state index contributed by atoms with van der Waals surface area (Å²) >= 11 is 1.48. The largest absolute Gasteiger partial charge is 0.373 e. The lowest BCUT2D eigenvalue weighted by molar-refractivity contribution is 0.0627. The molecule has 88 valence electrons. The van der Waals surface area contributed by atoms with Crippen LogP contribution in [-0.4, -0.2) is 18.9 Å². The van der Waals surface area contributed by atoms with E-state index in [2.05, 4.69) is 18.2 Å². The number of hydrogen-bond acceptors (Lipinski definition) is 3. The average Bonchev–Trinajstić information content (AvgIpc) is 2.31. The van der Waals surface area contributed by atoms with Gasteiger partial charge in [0.05, 0.1) is 0 Å². The zero-order chi connectivity index (χ0) is 11.9. The summed E-state index contributed by atoms with van der Waals surface area (Å²) in [6.07, 6.45) is 3.98. The summed E-state index contributed by atoms with van der Waals surface area (Å²) in [4.78, 5) is 1.15. The number of hydrogen-bond donors (Lipinski definition) is 0. The molecule has 0 fully saturated rings. The topological polar surface area (TPSA) is 21.6 Å². The molecule has 1 atom stereocenters.